The van der Waals surface area contributed by atoms with Crippen LogP contribution in [0.15, 0.2) is 4.99 Å². The second kappa shape index (κ2) is 6.09. The van der Waals surface area contributed by atoms with Crippen molar-refractivity contribution in [1.29, 1.82) is 0 Å². The summed E-state index contributed by atoms with van der Waals surface area (Å²) in [6.07, 6.45) is 5.12. The highest BCUT2D eigenvalue weighted by Crippen LogP contribution is 2.26. The SMILES string of the molecule is CC1CCC(N(C)C(=NC(C)C)NN)CC1. The molecule has 0 aliphatic heterocycles. The van der Waals surface area contributed by atoms with Gasteiger partial charge in [0.25, 0.3) is 0 Å². The van der Waals surface area contributed by atoms with Gasteiger partial charge >= 0.3 is 0 Å². The molecular formula is C12H26N4. The summed E-state index contributed by atoms with van der Waals surface area (Å²) < 4.78 is 0. The first-order valence-corrected chi connectivity index (χ1v) is 6.31. The molecule has 1 aliphatic rings. The summed E-state index contributed by atoms with van der Waals surface area (Å²) >= 11 is 0. The quantitative estimate of drug-likeness (QED) is 0.326. The number of hydrogen-bond donors (Lipinski definition) is 2. The van der Waals surface area contributed by atoms with Gasteiger partial charge in [-0.15, -0.1) is 0 Å². The number of aliphatic imine (C=N–C) groups is 1. The smallest absolute Gasteiger partial charge is 0.208 e. The standard InChI is InChI=1S/C12H26N4/c1-9(2)14-12(15-13)16(4)11-7-5-10(3)6-8-11/h9-11H,5-8,13H2,1-4H3,(H,14,15). The molecule has 0 aromatic heterocycles. The first-order chi connectivity index (χ1) is 7.54. The van der Waals surface area contributed by atoms with E-state index in [0.717, 1.165) is 11.9 Å². The molecule has 1 fully saturated rings. The lowest BCUT2D eigenvalue weighted by molar-refractivity contribution is 0.234. The molecule has 0 spiro atoms. The largest absolute Gasteiger partial charge is 0.342 e. The third-order valence-corrected chi connectivity index (χ3v) is 3.38. The number of hydrogen-bond acceptors (Lipinski definition) is 2. The monoisotopic (exact) mass is 226 g/mol. The molecule has 0 radical (unpaired) electrons. The Morgan fingerprint density at radius 2 is 1.88 bits per heavy atom. The third kappa shape index (κ3) is 3.67. The van der Waals surface area contributed by atoms with E-state index in [-0.39, 0.29) is 6.04 Å². The lowest BCUT2D eigenvalue weighted by Crippen LogP contribution is -2.48. The lowest BCUT2D eigenvalue weighted by atomic mass is 9.87. The first-order valence-electron chi connectivity index (χ1n) is 6.31. The van der Waals surface area contributed by atoms with Crippen molar-refractivity contribution in [2.75, 3.05) is 7.05 Å². The van der Waals surface area contributed by atoms with Crippen LogP contribution in [0.25, 0.3) is 0 Å². The minimum Gasteiger partial charge on any atom is -0.342 e. The predicted octanol–water partition coefficient (Wildman–Crippen LogP) is 1.72. The average molecular weight is 226 g/mol. The van der Waals surface area contributed by atoms with Gasteiger partial charge in [0.05, 0.1) is 0 Å². The van der Waals surface area contributed by atoms with Gasteiger partial charge in [-0.3, -0.25) is 5.43 Å². The molecule has 0 aromatic carbocycles. The fourth-order valence-corrected chi connectivity index (χ4v) is 2.28. The summed E-state index contributed by atoms with van der Waals surface area (Å²) in [5, 5.41) is 0. The summed E-state index contributed by atoms with van der Waals surface area (Å²) in [6, 6.07) is 0.862. The van der Waals surface area contributed by atoms with Crippen LogP contribution in [0.3, 0.4) is 0 Å². The zero-order valence-electron chi connectivity index (χ0n) is 11.0. The molecule has 0 amide bonds. The Kier molecular flexibility index (Phi) is 5.06. The zero-order valence-corrected chi connectivity index (χ0v) is 11.0. The molecule has 0 saturated heterocycles. The Bertz CT molecular complexity index is 229. The van der Waals surface area contributed by atoms with Gasteiger partial charge in [0.2, 0.25) is 5.96 Å². The molecule has 4 heteroatoms. The van der Waals surface area contributed by atoms with Gasteiger partial charge in [0, 0.05) is 19.1 Å². The van der Waals surface area contributed by atoms with Crippen molar-refractivity contribution < 1.29 is 0 Å². The van der Waals surface area contributed by atoms with Gasteiger partial charge in [-0.05, 0) is 45.4 Å². The highest BCUT2D eigenvalue weighted by atomic mass is 15.4. The molecule has 0 atom stereocenters. The summed E-state index contributed by atoms with van der Waals surface area (Å²) in [5.74, 6) is 7.22. The number of nitrogens with zero attached hydrogens (tertiary/aromatic N) is 2. The Hall–Kier alpha value is -0.770. The molecule has 0 aromatic rings. The van der Waals surface area contributed by atoms with Gasteiger partial charge in [0.1, 0.15) is 0 Å². The van der Waals surface area contributed by atoms with E-state index in [2.05, 4.69) is 43.1 Å². The van der Waals surface area contributed by atoms with Crippen molar-refractivity contribution in [2.45, 2.75) is 58.5 Å². The van der Waals surface area contributed by atoms with Crippen LogP contribution >= 0.6 is 0 Å². The summed E-state index contributed by atoms with van der Waals surface area (Å²) in [6.45, 7) is 6.46. The van der Waals surface area contributed by atoms with E-state index in [1.54, 1.807) is 0 Å². The molecule has 3 N–H and O–H groups in total. The maximum Gasteiger partial charge on any atom is 0.208 e. The highest BCUT2D eigenvalue weighted by Gasteiger charge is 2.23. The second-order valence-corrected chi connectivity index (χ2v) is 5.22. The van der Waals surface area contributed by atoms with Crippen LogP contribution in [-0.2, 0) is 0 Å². The Morgan fingerprint density at radius 1 is 1.31 bits per heavy atom. The number of nitrogens with one attached hydrogen (secondary N) is 1. The maximum absolute atomic E-state index is 5.53. The van der Waals surface area contributed by atoms with Crippen LogP contribution in [0.5, 0.6) is 0 Å². The summed E-state index contributed by atoms with van der Waals surface area (Å²) in [4.78, 5) is 6.70. The number of rotatable bonds is 2. The lowest BCUT2D eigenvalue weighted by Gasteiger charge is -2.35. The van der Waals surface area contributed by atoms with Crippen molar-refractivity contribution in [3.63, 3.8) is 0 Å². The fourth-order valence-electron chi connectivity index (χ4n) is 2.28. The number of hydrazine groups is 1. The van der Waals surface area contributed by atoms with E-state index in [0.29, 0.717) is 6.04 Å². The number of guanidine groups is 1. The van der Waals surface area contributed by atoms with Gasteiger partial charge in [0.15, 0.2) is 0 Å². The van der Waals surface area contributed by atoms with E-state index >= 15 is 0 Å². The molecule has 1 rings (SSSR count). The normalized spacial score (nSPS) is 27.0. The van der Waals surface area contributed by atoms with Crippen LogP contribution in [0.4, 0.5) is 0 Å². The summed E-state index contributed by atoms with van der Waals surface area (Å²) in [5.41, 5.74) is 2.72. The highest BCUT2D eigenvalue weighted by molar-refractivity contribution is 5.79. The predicted molar refractivity (Wildman–Crippen MR) is 69.1 cm³/mol. The summed E-state index contributed by atoms with van der Waals surface area (Å²) in [7, 11) is 2.09. The van der Waals surface area contributed by atoms with E-state index in [1.165, 1.54) is 25.7 Å². The van der Waals surface area contributed by atoms with Crippen molar-refractivity contribution in [1.82, 2.24) is 10.3 Å². The van der Waals surface area contributed by atoms with Gasteiger partial charge < -0.3 is 4.90 Å². The molecule has 1 aliphatic carbocycles. The maximum atomic E-state index is 5.53. The Balaban J connectivity index is 2.58. The van der Waals surface area contributed by atoms with Crippen LogP contribution in [-0.4, -0.2) is 30.0 Å². The molecular weight excluding hydrogens is 200 g/mol. The van der Waals surface area contributed by atoms with Gasteiger partial charge in [-0.2, -0.15) is 0 Å². The fraction of sp³-hybridized carbons (Fsp3) is 0.917. The molecule has 4 nitrogen and oxygen atoms in total. The van der Waals surface area contributed by atoms with E-state index in [4.69, 9.17) is 5.84 Å². The molecule has 1 saturated carbocycles. The topological polar surface area (TPSA) is 53.6 Å². The molecule has 0 bridgehead atoms. The van der Waals surface area contributed by atoms with E-state index < -0.39 is 0 Å². The van der Waals surface area contributed by atoms with Crippen LogP contribution in [0.2, 0.25) is 0 Å². The third-order valence-electron chi connectivity index (χ3n) is 3.38. The van der Waals surface area contributed by atoms with E-state index in [9.17, 15) is 0 Å². The van der Waals surface area contributed by atoms with Crippen LogP contribution in [0, 0.1) is 5.92 Å². The zero-order chi connectivity index (χ0) is 12.1. The minimum absolute atomic E-state index is 0.274. The second-order valence-electron chi connectivity index (χ2n) is 5.22. The van der Waals surface area contributed by atoms with Crippen LogP contribution < -0.4 is 11.3 Å². The Morgan fingerprint density at radius 3 is 2.31 bits per heavy atom. The van der Waals surface area contributed by atoms with Gasteiger partial charge in [-0.1, -0.05) is 6.92 Å². The van der Waals surface area contributed by atoms with Gasteiger partial charge in [-0.25, -0.2) is 10.8 Å². The Labute approximate surface area is 99.3 Å². The van der Waals surface area contributed by atoms with Crippen molar-refractivity contribution in [3.05, 3.63) is 0 Å². The first kappa shape index (κ1) is 13.3. The van der Waals surface area contributed by atoms with E-state index in [1.807, 2.05) is 0 Å². The molecule has 0 heterocycles. The van der Waals surface area contributed by atoms with Crippen molar-refractivity contribution in [3.8, 4) is 0 Å². The molecule has 0 unspecified atom stereocenters. The van der Waals surface area contributed by atoms with Crippen LogP contribution in [0.1, 0.15) is 46.5 Å². The average Bonchev–Trinajstić information content (AvgIpc) is 2.25. The molecule has 16 heavy (non-hydrogen) atoms. The minimum atomic E-state index is 0.274. The van der Waals surface area contributed by atoms with Crippen molar-refractivity contribution in [2.24, 2.45) is 16.8 Å². The molecule has 94 valence electrons. The van der Waals surface area contributed by atoms with Crippen molar-refractivity contribution >= 4 is 5.96 Å². The number of nitrogens with two attached hydrogens (primary N) is 1.